The molecule has 1 aromatic carbocycles. The lowest BCUT2D eigenvalue weighted by molar-refractivity contribution is -0.137. The maximum atomic E-state index is 12.6. The third-order valence-electron chi connectivity index (χ3n) is 3.01. The van der Waals surface area contributed by atoms with Crippen molar-refractivity contribution in [3.63, 3.8) is 0 Å². The van der Waals surface area contributed by atoms with Gasteiger partial charge in [0.2, 0.25) is 5.91 Å². The Labute approximate surface area is 113 Å². The molecule has 1 aliphatic carbocycles. The van der Waals surface area contributed by atoms with Crippen LogP contribution < -0.4 is 5.32 Å². The second-order valence-electron chi connectivity index (χ2n) is 4.62. The van der Waals surface area contributed by atoms with E-state index in [1.807, 2.05) is 0 Å². The van der Waals surface area contributed by atoms with E-state index < -0.39 is 11.7 Å². The van der Waals surface area contributed by atoms with Gasteiger partial charge in [-0.2, -0.15) is 13.2 Å². The van der Waals surface area contributed by atoms with Crippen LogP contribution in [0, 0.1) is 5.92 Å². The molecule has 1 aliphatic rings. The molecule has 104 valence electrons. The molecule has 0 radical (unpaired) electrons. The Balaban J connectivity index is 1.96. The summed E-state index contributed by atoms with van der Waals surface area (Å²) in [6.07, 6.45) is -2.29. The van der Waals surface area contributed by atoms with E-state index in [-0.39, 0.29) is 16.8 Å². The Morgan fingerprint density at radius 1 is 1.37 bits per heavy atom. The average molecular weight is 292 g/mol. The van der Waals surface area contributed by atoms with Crippen molar-refractivity contribution in [2.75, 3.05) is 6.54 Å². The topological polar surface area (TPSA) is 29.1 Å². The molecule has 1 fully saturated rings. The van der Waals surface area contributed by atoms with Gasteiger partial charge in [0.05, 0.1) is 5.56 Å². The van der Waals surface area contributed by atoms with Crippen LogP contribution in [0.25, 0.3) is 0 Å². The maximum absolute atomic E-state index is 12.6. The normalized spacial score (nSPS) is 15.4. The summed E-state index contributed by atoms with van der Waals surface area (Å²) in [5.74, 6) is 0.0695. The summed E-state index contributed by atoms with van der Waals surface area (Å²) in [7, 11) is 0. The zero-order chi connectivity index (χ0) is 14.0. The van der Waals surface area contributed by atoms with Crippen molar-refractivity contribution in [3.8, 4) is 0 Å². The Bertz CT molecular complexity index is 483. The third kappa shape index (κ3) is 3.86. The molecular formula is C13H13ClF3NO. The van der Waals surface area contributed by atoms with Gasteiger partial charge in [0.25, 0.3) is 0 Å². The third-order valence-corrected chi connectivity index (χ3v) is 3.38. The first kappa shape index (κ1) is 14.2. The number of hydrogen-bond acceptors (Lipinski definition) is 1. The van der Waals surface area contributed by atoms with Crippen LogP contribution >= 0.6 is 11.6 Å². The largest absolute Gasteiger partial charge is 0.416 e. The highest BCUT2D eigenvalue weighted by atomic mass is 35.5. The fraction of sp³-hybridized carbons (Fsp3) is 0.462. The number of amides is 1. The molecule has 0 aliphatic heterocycles. The molecule has 0 aromatic heterocycles. The maximum Gasteiger partial charge on any atom is 0.416 e. The van der Waals surface area contributed by atoms with Crippen LogP contribution in [0.15, 0.2) is 18.2 Å². The summed E-state index contributed by atoms with van der Waals surface area (Å²) in [5, 5.41) is 2.99. The Hall–Kier alpha value is -1.23. The average Bonchev–Trinajstić information content (AvgIpc) is 3.13. The smallest absolute Gasteiger partial charge is 0.356 e. The lowest BCUT2D eigenvalue weighted by atomic mass is 10.1. The molecule has 0 bridgehead atoms. The standard InChI is InChI=1S/C13H13ClF3NO/c14-11-4-3-10(13(15,16)17)7-9(11)5-6-18-12(19)8-1-2-8/h3-4,7-8H,1-2,5-6H2,(H,18,19). The van der Waals surface area contributed by atoms with Crippen LogP contribution in [0.1, 0.15) is 24.0 Å². The second-order valence-corrected chi connectivity index (χ2v) is 5.03. The first-order valence-corrected chi connectivity index (χ1v) is 6.39. The van der Waals surface area contributed by atoms with Gasteiger partial charge in [-0.15, -0.1) is 0 Å². The van der Waals surface area contributed by atoms with Gasteiger partial charge < -0.3 is 5.32 Å². The second kappa shape index (κ2) is 5.41. The molecule has 0 saturated heterocycles. The van der Waals surface area contributed by atoms with E-state index >= 15 is 0 Å². The first-order valence-electron chi connectivity index (χ1n) is 6.01. The van der Waals surface area contributed by atoms with Crippen LogP contribution in [-0.2, 0) is 17.4 Å². The van der Waals surface area contributed by atoms with E-state index in [2.05, 4.69) is 5.32 Å². The molecule has 1 aromatic rings. The Kier molecular flexibility index (Phi) is 4.04. The van der Waals surface area contributed by atoms with Gasteiger partial charge in [-0.05, 0) is 43.0 Å². The monoisotopic (exact) mass is 291 g/mol. The fourth-order valence-electron chi connectivity index (χ4n) is 1.75. The Morgan fingerprint density at radius 3 is 2.63 bits per heavy atom. The number of nitrogens with one attached hydrogen (secondary N) is 1. The van der Waals surface area contributed by atoms with E-state index in [4.69, 9.17) is 11.6 Å². The minimum atomic E-state index is -4.38. The molecule has 19 heavy (non-hydrogen) atoms. The summed E-state index contributed by atoms with van der Waals surface area (Å²) in [5.41, 5.74) is -0.326. The van der Waals surface area contributed by atoms with Gasteiger partial charge in [0, 0.05) is 17.5 Å². The highest BCUT2D eigenvalue weighted by Crippen LogP contribution is 2.32. The molecule has 0 heterocycles. The van der Waals surface area contributed by atoms with E-state index in [1.165, 1.54) is 6.07 Å². The van der Waals surface area contributed by atoms with Gasteiger partial charge in [-0.1, -0.05) is 11.6 Å². The van der Waals surface area contributed by atoms with E-state index in [9.17, 15) is 18.0 Å². The number of carbonyl (C=O) groups is 1. The summed E-state index contributed by atoms with van der Waals surface area (Å²) in [6, 6.07) is 3.22. The van der Waals surface area contributed by atoms with Crippen molar-refractivity contribution in [3.05, 3.63) is 34.3 Å². The van der Waals surface area contributed by atoms with Crippen molar-refractivity contribution < 1.29 is 18.0 Å². The number of alkyl halides is 3. The highest BCUT2D eigenvalue weighted by molar-refractivity contribution is 6.31. The van der Waals surface area contributed by atoms with Gasteiger partial charge in [0.15, 0.2) is 0 Å². The van der Waals surface area contributed by atoms with Gasteiger partial charge in [-0.25, -0.2) is 0 Å². The highest BCUT2D eigenvalue weighted by Gasteiger charge is 2.31. The van der Waals surface area contributed by atoms with Gasteiger partial charge in [0.1, 0.15) is 0 Å². The van der Waals surface area contributed by atoms with Gasteiger partial charge in [-0.3, -0.25) is 4.79 Å². The molecule has 0 spiro atoms. The van der Waals surface area contributed by atoms with Crippen molar-refractivity contribution in [1.82, 2.24) is 5.32 Å². The number of carbonyl (C=O) groups excluding carboxylic acids is 1. The van der Waals surface area contributed by atoms with Crippen LogP contribution in [0.3, 0.4) is 0 Å². The molecule has 6 heteroatoms. The summed E-state index contributed by atoms with van der Waals surface area (Å²) < 4.78 is 37.7. The molecule has 1 N–H and O–H groups in total. The van der Waals surface area contributed by atoms with Crippen LogP contribution in [0.2, 0.25) is 5.02 Å². The quantitative estimate of drug-likeness (QED) is 0.905. The summed E-state index contributed by atoms with van der Waals surface area (Å²) in [6.45, 7) is 0.302. The van der Waals surface area contributed by atoms with Crippen molar-refractivity contribution in [2.45, 2.75) is 25.4 Å². The molecule has 2 nitrogen and oxygen atoms in total. The minimum absolute atomic E-state index is 0.0249. The zero-order valence-electron chi connectivity index (χ0n) is 10.1. The molecular weight excluding hydrogens is 279 g/mol. The van der Waals surface area contributed by atoms with Crippen LogP contribution in [0.4, 0.5) is 13.2 Å². The summed E-state index contributed by atoms with van der Waals surface area (Å²) >= 11 is 5.86. The molecule has 0 unspecified atom stereocenters. The molecule has 1 amide bonds. The Morgan fingerprint density at radius 2 is 2.05 bits per heavy atom. The van der Waals surface area contributed by atoms with Crippen LogP contribution in [0.5, 0.6) is 0 Å². The zero-order valence-corrected chi connectivity index (χ0v) is 10.8. The predicted molar refractivity (Wildman–Crippen MR) is 65.9 cm³/mol. The number of hydrogen-bond donors (Lipinski definition) is 1. The molecule has 1 saturated carbocycles. The molecule has 0 atom stereocenters. The first-order chi connectivity index (χ1) is 8.88. The predicted octanol–water partition coefficient (Wildman–Crippen LogP) is 3.43. The lowest BCUT2D eigenvalue weighted by Crippen LogP contribution is -2.27. The van der Waals surface area contributed by atoms with Crippen molar-refractivity contribution in [1.29, 1.82) is 0 Å². The van der Waals surface area contributed by atoms with Crippen molar-refractivity contribution in [2.24, 2.45) is 5.92 Å². The number of halogens is 4. The lowest BCUT2D eigenvalue weighted by Gasteiger charge is -2.11. The number of rotatable bonds is 4. The van der Waals surface area contributed by atoms with Gasteiger partial charge >= 0.3 is 6.18 Å². The van der Waals surface area contributed by atoms with E-state index in [0.717, 1.165) is 25.0 Å². The number of benzene rings is 1. The minimum Gasteiger partial charge on any atom is -0.356 e. The van der Waals surface area contributed by atoms with E-state index in [0.29, 0.717) is 18.5 Å². The SMILES string of the molecule is O=C(NCCc1cc(C(F)(F)F)ccc1Cl)C1CC1. The summed E-state index contributed by atoms with van der Waals surface area (Å²) in [4.78, 5) is 11.4. The van der Waals surface area contributed by atoms with E-state index in [1.54, 1.807) is 0 Å². The fourth-order valence-corrected chi connectivity index (χ4v) is 1.96. The van der Waals surface area contributed by atoms with Crippen molar-refractivity contribution >= 4 is 17.5 Å². The molecule has 2 rings (SSSR count). The van der Waals surface area contributed by atoms with Crippen LogP contribution in [-0.4, -0.2) is 12.5 Å².